The van der Waals surface area contributed by atoms with Crippen LogP contribution in [-0.4, -0.2) is 7.11 Å². The first-order valence-electron chi connectivity index (χ1n) is 7.03. The average Bonchev–Trinajstić information content (AvgIpc) is 2.48. The summed E-state index contributed by atoms with van der Waals surface area (Å²) >= 11 is 6.45. The van der Waals surface area contributed by atoms with Crippen molar-refractivity contribution in [1.82, 2.24) is 0 Å². The molecule has 1 atom stereocenters. The summed E-state index contributed by atoms with van der Waals surface area (Å²) in [5.74, 6) is 0.974. The second-order valence-corrected chi connectivity index (χ2v) is 5.61. The molecule has 2 aromatic rings. The molecule has 0 fully saturated rings. The van der Waals surface area contributed by atoms with E-state index < -0.39 is 0 Å². The Kier molecular flexibility index (Phi) is 5.49. The first kappa shape index (κ1) is 14.9. The highest BCUT2D eigenvalue weighted by Crippen LogP contribution is 2.28. The molecule has 0 aliphatic heterocycles. The summed E-state index contributed by atoms with van der Waals surface area (Å²) in [6.07, 6.45) is 3.03. The van der Waals surface area contributed by atoms with Crippen molar-refractivity contribution in [2.75, 3.05) is 7.11 Å². The van der Waals surface area contributed by atoms with Crippen molar-refractivity contribution in [3.8, 4) is 5.75 Å². The van der Waals surface area contributed by atoms with E-state index >= 15 is 0 Å². The summed E-state index contributed by atoms with van der Waals surface area (Å²) in [7, 11) is 1.72. The molecule has 2 heteroatoms. The Morgan fingerprint density at radius 3 is 2.55 bits per heavy atom. The van der Waals surface area contributed by atoms with E-state index in [0.717, 1.165) is 25.0 Å². The Morgan fingerprint density at radius 1 is 1.10 bits per heavy atom. The number of benzene rings is 2. The molecular weight excluding hydrogens is 268 g/mol. The quantitative estimate of drug-likeness (QED) is 0.655. The molecule has 2 rings (SSSR count). The van der Waals surface area contributed by atoms with Crippen LogP contribution in [0.25, 0.3) is 0 Å². The van der Waals surface area contributed by atoms with Crippen molar-refractivity contribution in [2.24, 2.45) is 0 Å². The molecule has 0 bridgehead atoms. The second-order valence-electron chi connectivity index (χ2n) is 5.09. The van der Waals surface area contributed by atoms with Gasteiger partial charge in [-0.3, -0.25) is 0 Å². The number of halogens is 1. The minimum absolute atomic E-state index is 0.0898. The van der Waals surface area contributed by atoms with E-state index in [9.17, 15) is 0 Å². The highest BCUT2D eigenvalue weighted by molar-refractivity contribution is 6.20. The van der Waals surface area contributed by atoms with Gasteiger partial charge >= 0.3 is 0 Å². The Labute approximate surface area is 126 Å². The van der Waals surface area contributed by atoms with Gasteiger partial charge in [0.1, 0.15) is 5.75 Å². The van der Waals surface area contributed by atoms with Crippen LogP contribution in [0.5, 0.6) is 5.75 Å². The first-order chi connectivity index (χ1) is 9.70. The third-order valence-corrected chi connectivity index (χ3v) is 3.97. The highest BCUT2D eigenvalue weighted by atomic mass is 35.5. The highest BCUT2D eigenvalue weighted by Gasteiger charge is 2.08. The van der Waals surface area contributed by atoms with E-state index in [1.165, 1.54) is 16.7 Å². The number of hydrogen-bond acceptors (Lipinski definition) is 1. The molecule has 0 aliphatic carbocycles. The number of alkyl halides is 1. The maximum absolute atomic E-state index is 6.45. The fourth-order valence-electron chi connectivity index (χ4n) is 2.40. The van der Waals surface area contributed by atoms with E-state index in [1.807, 2.05) is 24.3 Å². The van der Waals surface area contributed by atoms with Crippen LogP contribution in [0.4, 0.5) is 0 Å². The molecule has 0 amide bonds. The van der Waals surface area contributed by atoms with Crippen molar-refractivity contribution in [2.45, 2.75) is 31.6 Å². The molecule has 0 radical (unpaired) electrons. The number of ether oxygens (including phenoxy) is 1. The van der Waals surface area contributed by atoms with Crippen LogP contribution in [0.15, 0.2) is 48.5 Å². The van der Waals surface area contributed by atoms with Gasteiger partial charge in [-0.1, -0.05) is 48.0 Å². The van der Waals surface area contributed by atoms with Gasteiger partial charge in [0, 0.05) is 0 Å². The molecule has 0 spiro atoms. The number of aryl methyl sites for hydroxylation is 2. The van der Waals surface area contributed by atoms with Crippen molar-refractivity contribution in [3.63, 3.8) is 0 Å². The second kappa shape index (κ2) is 7.35. The van der Waals surface area contributed by atoms with Gasteiger partial charge < -0.3 is 4.74 Å². The Balaban J connectivity index is 1.91. The van der Waals surface area contributed by atoms with Gasteiger partial charge in [-0.2, -0.15) is 0 Å². The lowest BCUT2D eigenvalue weighted by Gasteiger charge is -2.12. The predicted molar refractivity (Wildman–Crippen MR) is 85.7 cm³/mol. The molecule has 0 saturated carbocycles. The van der Waals surface area contributed by atoms with Crippen LogP contribution in [0, 0.1) is 6.92 Å². The van der Waals surface area contributed by atoms with E-state index in [0.29, 0.717) is 0 Å². The first-order valence-corrected chi connectivity index (χ1v) is 7.47. The number of methoxy groups -OCH3 is 1. The Bertz CT molecular complexity index is 536. The van der Waals surface area contributed by atoms with Gasteiger partial charge in [-0.05, 0) is 43.4 Å². The van der Waals surface area contributed by atoms with Gasteiger partial charge in [0.05, 0.1) is 12.5 Å². The van der Waals surface area contributed by atoms with E-state index in [1.54, 1.807) is 7.11 Å². The third kappa shape index (κ3) is 4.01. The zero-order valence-corrected chi connectivity index (χ0v) is 12.9. The van der Waals surface area contributed by atoms with Gasteiger partial charge in [0.25, 0.3) is 0 Å². The van der Waals surface area contributed by atoms with Crippen LogP contribution < -0.4 is 4.74 Å². The van der Waals surface area contributed by atoms with Crippen molar-refractivity contribution in [1.29, 1.82) is 0 Å². The molecule has 0 saturated heterocycles. The maximum Gasteiger partial charge on any atom is 0.122 e. The van der Waals surface area contributed by atoms with Crippen LogP contribution in [0.2, 0.25) is 0 Å². The summed E-state index contributed by atoms with van der Waals surface area (Å²) in [4.78, 5) is 0. The van der Waals surface area contributed by atoms with Crippen molar-refractivity contribution < 1.29 is 4.74 Å². The van der Waals surface area contributed by atoms with Crippen LogP contribution in [0.3, 0.4) is 0 Å². The summed E-state index contributed by atoms with van der Waals surface area (Å²) < 4.78 is 5.41. The summed E-state index contributed by atoms with van der Waals surface area (Å²) in [5, 5.41) is 0.0898. The van der Waals surface area contributed by atoms with Gasteiger partial charge in [-0.15, -0.1) is 11.6 Å². The largest absolute Gasteiger partial charge is 0.496 e. The third-order valence-electron chi connectivity index (χ3n) is 3.50. The van der Waals surface area contributed by atoms with Gasteiger partial charge in [-0.25, -0.2) is 0 Å². The Hall–Kier alpha value is -1.47. The predicted octanol–water partition coefficient (Wildman–Crippen LogP) is 5.31. The lowest BCUT2D eigenvalue weighted by atomic mass is 10.0. The van der Waals surface area contributed by atoms with Crippen molar-refractivity contribution >= 4 is 11.6 Å². The zero-order valence-electron chi connectivity index (χ0n) is 12.1. The van der Waals surface area contributed by atoms with Crippen LogP contribution in [-0.2, 0) is 6.42 Å². The smallest absolute Gasteiger partial charge is 0.122 e. The molecule has 0 N–H and O–H groups in total. The fourth-order valence-corrected chi connectivity index (χ4v) is 2.70. The summed E-state index contributed by atoms with van der Waals surface area (Å²) in [6, 6.07) is 16.6. The topological polar surface area (TPSA) is 9.23 Å². The van der Waals surface area contributed by atoms with Gasteiger partial charge in [0.15, 0.2) is 0 Å². The molecule has 1 nitrogen and oxygen atoms in total. The fraction of sp³-hybridized carbons (Fsp3) is 0.333. The van der Waals surface area contributed by atoms with E-state index in [-0.39, 0.29) is 5.38 Å². The average molecular weight is 289 g/mol. The minimum Gasteiger partial charge on any atom is -0.496 e. The molecule has 1 unspecified atom stereocenters. The molecular formula is C18H21ClO. The molecule has 106 valence electrons. The lowest BCUT2D eigenvalue weighted by molar-refractivity contribution is 0.408. The number of hydrogen-bond donors (Lipinski definition) is 0. The lowest BCUT2D eigenvalue weighted by Crippen LogP contribution is -1.96. The molecule has 0 heterocycles. The number of rotatable bonds is 6. The normalized spacial score (nSPS) is 12.2. The summed E-state index contributed by atoms with van der Waals surface area (Å²) in [5.41, 5.74) is 3.74. The standard InChI is InChI=1S/C18H21ClO/c1-14-11-12-18(20-2)16(13-14)9-6-10-17(19)15-7-4-3-5-8-15/h3-5,7-8,11-13,17H,6,9-10H2,1-2H3. The molecule has 0 aliphatic rings. The van der Waals surface area contributed by atoms with Crippen LogP contribution >= 0.6 is 11.6 Å². The van der Waals surface area contributed by atoms with Gasteiger partial charge in [0.2, 0.25) is 0 Å². The minimum atomic E-state index is 0.0898. The zero-order chi connectivity index (χ0) is 14.4. The van der Waals surface area contributed by atoms with E-state index in [2.05, 4.69) is 31.2 Å². The molecule has 2 aromatic carbocycles. The maximum atomic E-state index is 6.45. The molecule has 0 aromatic heterocycles. The SMILES string of the molecule is COc1ccc(C)cc1CCCC(Cl)c1ccccc1. The molecule has 20 heavy (non-hydrogen) atoms. The summed E-state index contributed by atoms with van der Waals surface area (Å²) in [6.45, 7) is 2.11. The monoisotopic (exact) mass is 288 g/mol. The Morgan fingerprint density at radius 2 is 1.85 bits per heavy atom. The van der Waals surface area contributed by atoms with Crippen LogP contribution in [0.1, 0.15) is 34.9 Å². The van der Waals surface area contributed by atoms with Crippen molar-refractivity contribution in [3.05, 3.63) is 65.2 Å². The van der Waals surface area contributed by atoms with E-state index in [4.69, 9.17) is 16.3 Å².